The Labute approximate surface area is 203 Å². The Morgan fingerprint density at radius 1 is 0.821 bits per heavy atom. The number of fused-ring (bicyclic) bond motifs is 3. The zero-order chi connectivity index (χ0) is 16.4. The zero-order valence-electron chi connectivity index (χ0n) is 17.7. The summed E-state index contributed by atoms with van der Waals surface area (Å²) in [6.45, 7) is 8.86. The molecule has 1 atom stereocenters. The topological polar surface area (TPSA) is 0 Å². The molecule has 0 saturated carbocycles. The summed E-state index contributed by atoms with van der Waals surface area (Å²) in [6.07, 6.45) is 7.65. The second-order valence-corrected chi connectivity index (χ2v) is 7.29. The summed E-state index contributed by atoms with van der Waals surface area (Å²) in [5, 5.41) is 5.39. The molecule has 0 fully saturated rings. The van der Waals surface area contributed by atoms with Gasteiger partial charge in [0.25, 0.3) is 0 Å². The maximum absolute atomic E-state index is 3.26. The molecule has 28 heavy (non-hydrogen) atoms. The largest absolute Gasteiger partial charge is 2.00 e. The molecule has 0 N–H and O–H groups in total. The monoisotopic (exact) mass is 490 g/mol. The predicted octanol–water partition coefficient (Wildman–Crippen LogP) is 1.59. The van der Waals surface area contributed by atoms with E-state index in [4.69, 9.17) is 0 Å². The number of hydrogen-bond donors (Lipinski definition) is 0. The Bertz CT molecular complexity index is 832. The Morgan fingerprint density at radius 2 is 1.25 bits per heavy atom. The van der Waals surface area contributed by atoms with E-state index in [9.17, 15) is 0 Å². The average Bonchev–Trinajstić information content (AvgIpc) is 3.11. The fraction of sp³-hybridized carbons (Fsp3) is 0.240. The second kappa shape index (κ2) is 13.5. The molecular formula is C25H30Cl2Zr-4. The standard InChI is InChI=1S/C13H9.C10H15.2CH3.2ClH.Zr/c1-3-7-12-10(5-1)9-11-6-2-4-8-13(11)12;1-8-5-6-9(7-8)10(2,3)4;;;;;/h1-9H;6-8H,1-4H3;2*1H3;2*1H;/q4*-1;;;+2/p-2. The van der Waals surface area contributed by atoms with Crippen molar-refractivity contribution in [3.63, 3.8) is 0 Å². The maximum atomic E-state index is 3.26. The third-order valence-electron chi connectivity index (χ3n) is 4.32. The molecule has 0 amide bonds. The first kappa shape index (κ1) is 31.9. The number of benzene rings is 2. The summed E-state index contributed by atoms with van der Waals surface area (Å²) in [7, 11) is 0. The van der Waals surface area contributed by atoms with Gasteiger partial charge < -0.3 is 39.7 Å². The Hall–Kier alpha value is -0.747. The minimum atomic E-state index is 0. The van der Waals surface area contributed by atoms with E-state index in [2.05, 4.69) is 101 Å². The van der Waals surface area contributed by atoms with Crippen molar-refractivity contribution >= 4 is 21.5 Å². The average molecular weight is 493 g/mol. The van der Waals surface area contributed by atoms with Crippen LogP contribution < -0.4 is 24.8 Å². The summed E-state index contributed by atoms with van der Waals surface area (Å²) >= 11 is 0. The van der Waals surface area contributed by atoms with Crippen LogP contribution in [-0.2, 0) is 26.2 Å². The van der Waals surface area contributed by atoms with Crippen molar-refractivity contribution in [1.29, 1.82) is 0 Å². The summed E-state index contributed by atoms with van der Waals surface area (Å²) in [5.74, 6) is 0.522. The molecule has 1 aliphatic rings. The van der Waals surface area contributed by atoms with Gasteiger partial charge >= 0.3 is 26.2 Å². The molecule has 0 aromatic heterocycles. The minimum Gasteiger partial charge on any atom is -1.00 e. The first-order valence-electron chi connectivity index (χ1n) is 8.30. The van der Waals surface area contributed by atoms with E-state index in [0.29, 0.717) is 11.3 Å². The van der Waals surface area contributed by atoms with Gasteiger partial charge in [0, 0.05) is 0 Å². The number of allylic oxidation sites excluding steroid dienone is 4. The summed E-state index contributed by atoms with van der Waals surface area (Å²) in [6, 6.07) is 19.3. The van der Waals surface area contributed by atoms with Crippen LogP contribution in [0, 0.1) is 32.3 Å². The Kier molecular flexibility index (Phi) is 15.4. The van der Waals surface area contributed by atoms with Crippen LogP contribution in [-0.4, -0.2) is 0 Å². The van der Waals surface area contributed by atoms with Crippen LogP contribution in [0.4, 0.5) is 0 Å². The van der Waals surface area contributed by atoms with Crippen molar-refractivity contribution in [3.8, 4) is 0 Å². The minimum absolute atomic E-state index is 0. The van der Waals surface area contributed by atoms with Crippen molar-refractivity contribution in [2.75, 3.05) is 0 Å². The third-order valence-corrected chi connectivity index (χ3v) is 4.32. The van der Waals surface area contributed by atoms with Crippen molar-refractivity contribution in [3.05, 3.63) is 93.3 Å². The van der Waals surface area contributed by atoms with Crippen molar-refractivity contribution in [2.45, 2.75) is 27.7 Å². The molecule has 0 spiro atoms. The van der Waals surface area contributed by atoms with Crippen LogP contribution in [0.25, 0.3) is 21.5 Å². The van der Waals surface area contributed by atoms with E-state index in [1.807, 2.05) is 0 Å². The number of rotatable bonds is 0. The molecular weight excluding hydrogens is 462 g/mol. The molecule has 152 valence electrons. The Balaban J connectivity index is -0.000000389. The van der Waals surface area contributed by atoms with Gasteiger partial charge in [0.15, 0.2) is 0 Å². The smallest absolute Gasteiger partial charge is 1.00 e. The maximum Gasteiger partial charge on any atom is 2.00 e. The molecule has 0 aliphatic heterocycles. The van der Waals surface area contributed by atoms with E-state index >= 15 is 0 Å². The molecule has 3 aromatic rings. The molecule has 0 radical (unpaired) electrons. The second-order valence-electron chi connectivity index (χ2n) is 7.29. The van der Waals surface area contributed by atoms with E-state index in [1.54, 1.807) is 0 Å². The molecule has 3 aromatic carbocycles. The third kappa shape index (κ3) is 7.59. The van der Waals surface area contributed by atoms with Crippen LogP contribution in [0.1, 0.15) is 27.7 Å². The molecule has 0 heterocycles. The molecule has 1 unspecified atom stereocenters. The van der Waals surface area contributed by atoms with Gasteiger partial charge in [-0.2, -0.15) is 11.6 Å². The number of halogens is 2. The van der Waals surface area contributed by atoms with Gasteiger partial charge in [-0.05, 0) is 0 Å². The summed E-state index contributed by atoms with van der Waals surface area (Å²) < 4.78 is 0. The zero-order valence-corrected chi connectivity index (χ0v) is 21.7. The molecule has 0 nitrogen and oxygen atoms in total. The molecule has 0 saturated heterocycles. The van der Waals surface area contributed by atoms with E-state index < -0.39 is 0 Å². The first-order valence-corrected chi connectivity index (χ1v) is 8.30. The molecule has 1 aliphatic carbocycles. The normalized spacial score (nSPS) is 14.1. The van der Waals surface area contributed by atoms with Gasteiger partial charge in [-0.3, -0.25) is 6.08 Å². The first-order chi connectivity index (χ1) is 10.9. The van der Waals surface area contributed by atoms with Gasteiger partial charge in [0.1, 0.15) is 0 Å². The fourth-order valence-electron chi connectivity index (χ4n) is 2.96. The molecule has 3 heteroatoms. The van der Waals surface area contributed by atoms with E-state index in [1.165, 1.54) is 27.1 Å². The van der Waals surface area contributed by atoms with Gasteiger partial charge in [0.2, 0.25) is 0 Å². The van der Waals surface area contributed by atoms with Crippen LogP contribution in [0.5, 0.6) is 0 Å². The van der Waals surface area contributed by atoms with Gasteiger partial charge in [-0.15, -0.1) is 39.7 Å². The van der Waals surface area contributed by atoms with Gasteiger partial charge in [0.05, 0.1) is 0 Å². The van der Waals surface area contributed by atoms with Crippen LogP contribution in [0.15, 0.2) is 72.3 Å². The Morgan fingerprint density at radius 3 is 1.57 bits per heavy atom. The molecule has 4 rings (SSSR count). The van der Waals surface area contributed by atoms with E-state index in [-0.39, 0.29) is 65.9 Å². The van der Waals surface area contributed by atoms with E-state index in [0.717, 1.165) is 0 Å². The van der Waals surface area contributed by atoms with Crippen LogP contribution >= 0.6 is 0 Å². The number of hydrogen-bond acceptors (Lipinski definition) is 0. The quantitative estimate of drug-likeness (QED) is 0.418. The van der Waals surface area contributed by atoms with Gasteiger partial charge in [-0.25, -0.2) is 6.08 Å². The SMILES string of the molecule is CC1[C-]=CC(C(C)(C)C)=C1.[CH3-].[CH3-].[Cl-].[Cl-].[Zr+2].c1ccc2c(c1)[cH-]c1ccccc12. The van der Waals surface area contributed by atoms with Crippen LogP contribution in [0.3, 0.4) is 0 Å². The van der Waals surface area contributed by atoms with Crippen LogP contribution in [0.2, 0.25) is 0 Å². The molecule has 0 bridgehead atoms. The van der Waals surface area contributed by atoms with Crippen molar-refractivity contribution in [2.24, 2.45) is 11.3 Å². The predicted molar refractivity (Wildman–Crippen MR) is 114 cm³/mol. The van der Waals surface area contributed by atoms with Gasteiger partial charge in [-0.1, -0.05) is 75.4 Å². The fourth-order valence-corrected chi connectivity index (χ4v) is 2.96. The van der Waals surface area contributed by atoms with Crippen molar-refractivity contribution < 1.29 is 51.0 Å². The summed E-state index contributed by atoms with van der Waals surface area (Å²) in [5.41, 5.74) is 1.72. The summed E-state index contributed by atoms with van der Waals surface area (Å²) in [4.78, 5) is 0. The van der Waals surface area contributed by atoms with Crippen molar-refractivity contribution in [1.82, 2.24) is 0 Å².